The van der Waals surface area contributed by atoms with Crippen LogP contribution >= 0.6 is 0 Å². The average molecular weight is 260 g/mol. The van der Waals surface area contributed by atoms with Crippen molar-refractivity contribution in [2.75, 3.05) is 0 Å². The normalized spacial score (nSPS) is 11.2. The summed E-state index contributed by atoms with van der Waals surface area (Å²) >= 11 is 0. The number of benzene rings is 1. The summed E-state index contributed by atoms with van der Waals surface area (Å²) in [6.45, 7) is 5.88. The molecule has 0 saturated carbocycles. The molecule has 1 aromatic heterocycles. The lowest BCUT2D eigenvalue weighted by Crippen LogP contribution is -2.14. The molecule has 0 bridgehead atoms. The molecule has 0 aliphatic heterocycles. The molecule has 100 valence electrons. The number of carboxylic acid groups (broad SMARTS) is 1. The van der Waals surface area contributed by atoms with Crippen LogP contribution in [0.15, 0.2) is 27.4 Å². The van der Waals surface area contributed by atoms with Crippen LogP contribution in [-0.2, 0) is 11.2 Å². The molecule has 0 aliphatic carbocycles. The Morgan fingerprint density at radius 3 is 2.63 bits per heavy atom. The minimum absolute atomic E-state index is 0.220. The number of fused-ring (bicyclic) bond motifs is 1. The van der Waals surface area contributed by atoms with Crippen molar-refractivity contribution in [3.63, 3.8) is 0 Å². The molecule has 4 heteroatoms. The third kappa shape index (κ3) is 2.52. The van der Waals surface area contributed by atoms with Crippen molar-refractivity contribution in [3.05, 3.63) is 45.3 Å². The Morgan fingerprint density at radius 2 is 2.05 bits per heavy atom. The van der Waals surface area contributed by atoms with E-state index in [9.17, 15) is 9.59 Å². The SMILES string of the molecule is Cc1c(CC(=O)O)c(=O)oc2cc(C(C)C)ccc12. The zero-order valence-corrected chi connectivity index (χ0v) is 11.2. The Balaban J connectivity index is 2.69. The first-order valence-corrected chi connectivity index (χ1v) is 6.18. The fourth-order valence-electron chi connectivity index (χ4n) is 2.13. The van der Waals surface area contributed by atoms with Crippen molar-refractivity contribution >= 4 is 16.9 Å². The molecule has 0 spiro atoms. The van der Waals surface area contributed by atoms with Crippen LogP contribution in [0, 0.1) is 6.92 Å². The molecule has 0 unspecified atom stereocenters. The van der Waals surface area contributed by atoms with Gasteiger partial charge in [0.25, 0.3) is 0 Å². The standard InChI is InChI=1S/C15H16O4/c1-8(2)10-4-5-11-9(3)12(7-14(16)17)15(18)19-13(11)6-10/h4-6,8H,7H2,1-3H3,(H,16,17). The van der Waals surface area contributed by atoms with E-state index in [1.165, 1.54) is 0 Å². The lowest BCUT2D eigenvalue weighted by molar-refractivity contribution is -0.136. The topological polar surface area (TPSA) is 67.5 Å². The predicted octanol–water partition coefficient (Wildman–Crippen LogP) is 2.85. The first-order chi connectivity index (χ1) is 8.90. The zero-order chi connectivity index (χ0) is 14.2. The van der Waals surface area contributed by atoms with Crippen LogP contribution in [0.3, 0.4) is 0 Å². The van der Waals surface area contributed by atoms with E-state index in [-0.39, 0.29) is 12.0 Å². The molecule has 0 atom stereocenters. The van der Waals surface area contributed by atoms with Gasteiger partial charge in [-0.15, -0.1) is 0 Å². The van der Waals surface area contributed by atoms with E-state index in [2.05, 4.69) is 13.8 Å². The van der Waals surface area contributed by atoms with Crippen molar-refractivity contribution in [2.24, 2.45) is 0 Å². The van der Waals surface area contributed by atoms with Crippen LogP contribution in [0.4, 0.5) is 0 Å². The van der Waals surface area contributed by atoms with Crippen LogP contribution in [0.25, 0.3) is 11.0 Å². The summed E-state index contributed by atoms with van der Waals surface area (Å²) in [7, 11) is 0. The van der Waals surface area contributed by atoms with Gasteiger partial charge in [-0.3, -0.25) is 4.79 Å². The van der Waals surface area contributed by atoms with Crippen LogP contribution < -0.4 is 5.63 Å². The van der Waals surface area contributed by atoms with Crippen LogP contribution in [0.5, 0.6) is 0 Å². The molecule has 0 saturated heterocycles. The third-order valence-electron chi connectivity index (χ3n) is 3.31. The Morgan fingerprint density at radius 1 is 1.37 bits per heavy atom. The van der Waals surface area contributed by atoms with E-state index < -0.39 is 11.6 Å². The second kappa shape index (κ2) is 4.88. The smallest absolute Gasteiger partial charge is 0.340 e. The summed E-state index contributed by atoms with van der Waals surface area (Å²) in [6, 6.07) is 5.71. The fraction of sp³-hybridized carbons (Fsp3) is 0.333. The van der Waals surface area contributed by atoms with Gasteiger partial charge in [0.05, 0.1) is 12.0 Å². The molecular weight excluding hydrogens is 244 g/mol. The number of carbonyl (C=O) groups is 1. The lowest BCUT2D eigenvalue weighted by atomic mass is 9.98. The molecule has 2 aromatic rings. The number of aryl methyl sites for hydroxylation is 1. The van der Waals surface area contributed by atoms with Crippen molar-refractivity contribution in [2.45, 2.75) is 33.1 Å². The quantitative estimate of drug-likeness (QED) is 0.862. The highest BCUT2D eigenvalue weighted by molar-refractivity contribution is 5.83. The second-order valence-electron chi connectivity index (χ2n) is 4.97. The minimum Gasteiger partial charge on any atom is -0.481 e. The van der Waals surface area contributed by atoms with Gasteiger partial charge in [-0.25, -0.2) is 4.79 Å². The molecule has 1 heterocycles. The lowest BCUT2D eigenvalue weighted by Gasteiger charge is -2.09. The summed E-state index contributed by atoms with van der Waals surface area (Å²) in [4.78, 5) is 22.6. The zero-order valence-electron chi connectivity index (χ0n) is 11.2. The van der Waals surface area contributed by atoms with Gasteiger partial charge in [0, 0.05) is 5.39 Å². The van der Waals surface area contributed by atoms with Gasteiger partial charge in [0.2, 0.25) is 0 Å². The first-order valence-electron chi connectivity index (χ1n) is 6.18. The summed E-state index contributed by atoms with van der Waals surface area (Å²) in [5.74, 6) is -0.692. The second-order valence-corrected chi connectivity index (χ2v) is 4.97. The van der Waals surface area contributed by atoms with Gasteiger partial charge in [-0.1, -0.05) is 26.0 Å². The predicted molar refractivity (Wildman–Crippen MR) is 72.6 cm³/mol. The van der Waals surface area contributed by atoms with Gasteiger partial charge in [-0.2, -0.15) is 0 Å². The summed E-state index contributed by atoms with van der Waals surface area (Å²) in [5.41, 5.74) is 1.94. The highest BCUT2D eigenvalue weighted by Gasteiger charge is 2.14. The summed E-state index contributed by atoms with van der Waals surface area (Å²) < 4.78 is 5.25. The monoisotopic (exact) mass is 260 g/mol. The molecule has 0 amide bonds. The number of hydrogen-bond donors (Lipinski definition) is 1. The first kappa shape index (κ1) is 13.3. The maximum absolute atomic E-state index is 11.8. The van der Waals surface area contributed by atoms with Gasteiger partial charge >= 0.3 is 11.6 Å². The molecule has 19 heavy (non-hydrogen) atoms. The Kier molecular flexibility index (Phi) is 3.42. The molecule has 0 fully saturated rings. The van der Waals surface area contributed by atoms with Gasteiger partial charge in [-0.05, 0) is 30.0 Å². The van der Waals surface area contributed by atoms with Crippen molar-refractivity contribution in [3.8, 4) is 0 Å². The maximum atomic E-state index is 11.8. The van der Waals surface area contributed by atoms with Crippen molar-refractivity contribution in [1.29, 1.82) is 0 Å². The van der Waals surface area contributed by atoms with Crippen molar-refractivity contribution < 1.29 is 14.3 Å². The van der Waals surface area contributed by atoms with Crippen LogP contribution in [-0.4, -0.2) is 11.1 Å². The van der Waals surface area contributed by atoms with E-state index in [4.69, 9.17) is 9.52 Å². The van der Waals surface area contributed by atoms with E-state index in [1.807, 2.05) is 18.2 Å². The van der Waals surface area contributed by atoms with Gasteiger partial charge in [0.15, 0.2) is 0 Å². The largest absolute Gasteiger partial charge is 0.481 e. The Hall–Kier alpha value is -2.10. The van der Waals surface area contributed by atoms with Gasteiger partial charge in [0.1, 0.15) is 5.58 Å². The van der Waals surface area contributed by atoms with Gasteiger partial charge < -0.3 is 9.52 Å². The fourth-order valence-corrected chi connectivity index (χ4v) is 2.13. The molecule has 1 N–H and O–H groups in total. The molecule has 4 nitrogen and oxygen atoms in total. The van der Waals surface area contributed by atoms with E-state index in [1.54, 1.807) is 6.92 Å². The molecule has 1 aromatic carbocycles. The highest BCUT2D eigenvalue weighted by atomic mass is 16.4. The molecular formula is C15H16O4. The Bertz CT molecular complexity index is 695. The average Bonchev–Trinajstić information content (AvgIpc) is 2.33. The number of hydrogen-bond acceptors (Lipinski definition) is 3. The number of rotatable bonds is 3. The third-order valence-corrected chi connectivity index (χ3v) is 3.31. The number of carboxylic acids is 1. The van der Waals surface area contributed by atoms with E-state index in [0.717, 1.165) is 10.9 Å². The van der Waals surface area contributed by atoms with Crippen LogP contribution in [0.2, 0.25) is 0 Å². The van der Waals surface area contributed by atoms with E-state index in [0.29, 0.717) is 17.1 Å². The summed E-state index contributed by atoms with van der Waals surface area (Å²) in [6.07, 6.45) is -0.309. The van der Waals surface area contributed by atoms with E-state index >= 15 is 0 Å². The van der Waals surface area contributed by atoms with Crippen LogP contribution in [0.1, 0.15) is 36.5 Å². The summed E-state index contributed by atoms with van der Waals surface area (Å²) in [5, 5.41) is 9.62. The molecule has 0 radical (unpaired) electrons. The van der Waals surface area contributed by atoms with Crippen molar-refractivity contribution in [1.82, 2.24) is 0 Å². The Labute approximate surface area is 110 Å². The highest BCUT2D eigenvalue weighted by Crippen LogP contribution is 2.24. The maximum Gasteiger partial charge on any atom is 0.340 e. The minimum atomic E-state index is -1.03. The number of aliphatic carboxylic acids is 1. The molecule has 2 rings (SSSR count). The molecule has 0 aliphatic rings.